The fraction of sp³-hybridized carbons (Fsp3) is 0.833. The van der Waals surface area contributed by atoms with Gasteiger partial charge in [-0.2, -0.15) is 4.98 Å². The number of nitrogens with zero attached hydrogens (tertiary/aromatic N) is 3. The van der Waals surface area contributed by atoms with E-state index >= 15 is 0 Å². The minimum atomic E-state index is 0.108. The van der Waals surface area contributed by atoms with Crippen LogP contribution in [0.1, 0.15) is 51.2 Å². The van der Waals surface area contributed by atoms with Gasteiger partial charge >= 0.3 is 0 Å². The van der Waals surface area contributed by atoms with E-state index < -0.39 is 0 Å². The molecule has 0 saturated carbocycles. The number of hydrogen-bond acceptors (Lipinski definition) is 6. The summed E-state index contributed by atoms with van der Waals surface area (Å²) in [6.45, 7) is 8.22. The Kier molecular flexibility index (Phi) is 6.42. The molecule has 1 aromatic rings. The van der Waals surface area contributed by atoms with E-state index in [2.05, 4.69) is 34.2 Å². The number of amides is 1. The Morgan fingerprint density at radius 1 is 1.32 bits per heavy atom. The summed E-state index contributed by atoms with van der Waals surface area (Å²) in [5.41, 5.74) is 0. The average molecular weight is 350 g/mol. The molecule has 1 atom stereocenters. The molecule has 2 aliphatic heterocycles. The van der Waals surface area contributed by atoms with Crippen molar-refractivity contribution >= 4 is 5.91 Å². The number of rotatable bonds is 7. The summed E-state index contributed by atoms with van der Waals surface area (Å²) in [6, 6.07) is 0. The van der Waals surface area contributed by atoms with Gasteiger partial charge in [-0.15, -0.1) is 0 Å². The number of aromatic nitrogens is 2. The average Bonchev–Trinajstić information content (AvgIpc) is 3.25. The van der Waals surface area contributed by atoms with Crippen molar-refractivity contribution in [3.63, 3.8) is 0 Å². The highest BCUT2D eigenvalue weighted by molar-refractivity contribution is 5.78. The molecular formula is C18H30N4O3. The molecule has 1 amide bonds. The second kappa shape index (κ2) is 8.76. The highest BCUT2D eigenvalue weighted by Crippen LogP contribution is 2.19. The van der Waals surface area contributed by atoms with Crippen molar-refractivity contribution in [2.24, 2.45) is 11.8 Å². The van der Waals surface area contributed by atoms with Gasteiger partial charge in [0, 0.05) is 25.5 Å². The van der Waals surface area contributed by atoms with Gasteiger partial charge in [-0.25, -0.2) is 0 Å². The minimum absolute atomic E-state index is 0.108. The molecule has 2 fully saturated rings. The molecule has 25 heavy (non-hydrogen) atoms. The second-order valence-electron chi connectivity index (χ2n) is 7.63. The SMILES string of the molecule is CC(C)Cc1noc(CN2CCC(C(=O)NC[C@H]3CCCO3)CC2)n1. The monoisotopic (exact) mass is 350 g/mol. The van der Waals surface area contributed by atoms with Gasteiger partial charge in [0.15, 0.2) is 5.82 Å². The van der Waals surface area contributed by atoms with Crippen molar-refractivity contribution in [1.29, 1.82) is 0 Å². The number of hydrogen-bond donors (Lipinski definition) is 1. The van der Waals surface area contributed by atoms with Crippen LogP contribution >= 0.6 is 0 Å². The van der Waals surface area contributed by atoms with Gasteiger partial charge in [-0.3, -0.25) is 9.69 Å². The van der Waals surface area contributed by atoms with Crippen molar-refractivity contribution < 1.29 is 14.1 Å². The van der Waals surface area contributed by atoms with Crippen LogP contribution in [-0.2, 0) is 22.5 Å². The molecule has 0 unspecified atom stereocenters. The maximum absolute atomic E-state index is 12.3. The fourth-order valence-corrected chi connectivity index (χ4v) is 3.51. The number of carbonyl (C=O) groups is 1. The molecule has 3 rings (SSSR count). The van der Waals surface area contributed by atoms with Crippen molar-refractivity contribution in [2.45, 2.75) is 58.6 Å². The smallest absolute Gasteiger partial charge is 0.240 e. The first-order valence-electron chi connectivity index (χ1n) is 9.53. The van der Waals surface area contributed by atoms with Crippen molar-refractivity contribution in [3.05, 3.63) is 11.7 Å². The third-order valence-corrected chi connectivity index (χ3v) is 4.95. The molecule has 0 spiro atoms. The van der Waals surface area contributed by atoms with Crippen LogP contribution in [0.3, 0.4) is 0 Å². The maximum atomic E-state index is 12.3. The summed E-state index contributed by atoms with van der Waals surface area (Å²) in [6.07, 6.45) is 4.97. The van der Waals surface area contributed by atoms with E-state index in [1.54, 1.807) is 0 Å². The summed E-state index contributed by atoms with van der Waals surface area (Å²) in [5, 5.41) is 7.10. The number of carbonyl (C=O) groups excluding carboxylic acids is 1. The zero-order valence-electron chi connectivity index (χ0n) is 15.4. The van der Waals surface area contributed by atoms with Crippen LogP contribution in [0, 0.1) is 11.8 Å². The molecule has 1 N–H and O–H groups in total. The lowest BCUT2D eigenvalue weighted by Gasteiger charge is -2.30. The van der Waals surface area contributed by atoms with Gasteiger partial charge in [-0.1, -0.05) is 19.0 Å². The molecule has 7 heteroatoms. The van der Waals surface area contributed by atoms with Crippen LogP contribution in [0.25, 0.3) is 0 Å². The first-order valence-corrected chi connectivity index (χ1v) is 9.53. The van der Waals surface area contributed by atoms with Crippen LogP contribution in [0.5, 0.6) is 0 Å². The van der Waals surface area contributed by atoms with E-state index in [-0.39, 0.29) is 17.9 Å². The van der Waals surface area contributed by atoms with E-state index in [0.29, 0.717) is 24.9 Å². The van der Waals surface area contributed by atoms with E-state index in [1.807, 2.05) is 0 Å². The Hall–Kier alpha value is -1.47. The van der Waals surface area contributed by atoms with Gasteiger partial charge < -0.3 is 14.6 Å². The predicted octanol–water partition coefficient (Wildman–Crippen LogP) is 1.78. The number of piperidine rings is 1. The molecule has 0 aromatic carbocycles. The van der Waals surface area contributed by atoms with Crippen LogP contribution < -0.4 is 5.32 Å². The van der Waals surface area contributed by atoms with Gasteiger partial charge in [0.2, 0.25) is 11.8 Å². The Morgan fingerprint density at radius 3 is 2.80 bits per heavy atom. The second-order valence-corrected chi connectivity index (χ2v) is 7.63. The van der Waals surface area contributed by atoms with Gasteiger partial charge in [-0.05, 0) is 44.7 Å². The van der Waals surface area contributed by atoms with Crippen molar-refractivity contribution in [1.82, 2.24) is 20.4 Å². The molecular weight excluding hydrogens is 320 g/mol. The standard InChI is InChI=1S/C18H30N4O3/c1-13(2)10-16-20-17(25-21-16)12-22-7-5-14(6-8-22)18(23)19-11-15-4-3-9-24-15/h13-15H,3-12H2,1-2H3,(H,19,23)/t15-/m1/s1. The lowest BCUT2D eigenvalue weighted by molar-refractivity contribution is -0.127. The molecule has 3 heterocycles. The lowest BCUT2D eigenvalue weighted by Crippen LogP contribution is -2.42. The largest absolute Gasteiger partial charge is 0.376 e. The summed E-state index contributed by atoms with van der Waals surface area (Å²) in [4.78, 5) is 19.0. The molecule has 0 aliphatic carbocycles. The summed E-state index contributed by atoms with van der Waals surface area (Å²) in [5.74, 6) is 2.27. The fourth-order valence-electron chi connectivity index (χ4n) is 3.51. The molecule has 2 aliphatic rings. The highest BCUT2D eigenvalue weighted by atomic mass is 16.5. The molecule has 140 valence electrons. The summed E-state index contributed by atoms with van der Waals surface area (Å²) < 4.78 is 10.9. The first kappa shape index (κ1) is 18.3. The maximum Gasteiger partial charge on any atom is 0.240 e. The zero-order chi connectivity index (χ0) is 17.6. The van der Waals surface area contributed by atoms with Crippen molar-refractivity contribution in [3.8, 4) is 0 Å². The Bertz CT molecular complexity index is 546. The van der Waals surface area contributed by atoms with Crippen LogP contribution in [0.15, 0.2) is 4.52 Å². The zero-order valence-corrected chi connectivity index (χ0v) is 15.4. The molecule has 1 aromatic heterocycles. The summed E-state index contributed by atoms with van der Waals surface area (Å²) >= 11 is 0. The quantitative estimate of drug-likeness (QED) is 0.807. The predicted molar refractivity (Wildman–Crippen MR) is 92.8 cm³/mol. The third-order valence-electron chi connectivity index (χ3n) is 4.95. The van der Waals surface area contributed by atoms with Crippen LogP contribution in [-0.4, -0.2) is 53.3 Å². The van der Waals surface area contributed by atoms with Gasteiger partial charge in [0.25, 0.3) is 0 Å². The van der Waals surface area contributed by atoms with Crippen molar-refractivity contribution in [2.75, 3.05) is 26.2 Å². The molecule has 0 radical (unpaired) electrons. The highest BCUT2D eigenvalue weighted by Gasteiger charge is 2.26. The lowest BCUT2D eigenvalue weighted by atomic mass is 9.96. The van der Waals surface area contributed by atoms with E-state index in [4.69, 9.17) is 9.26 Å². The normalized spacial score (nSPS) is 22.6. The first-order chi connectivity index (χ1) is 12.1. The Morgan fingerprint density at radius 2 is 2.12 bits per heavy atom. The molecule has 2 saturated heterocycles. The van der Waals surface area contributed by atoms with E-state index in [0.717, 1.165) is 57.6 Å². The van der Waals surface area contributed by atoms with Gasteiger partial charge in [0.05, 0.1) is 12.6 Å². The Labute approximate surface area is 149 Å². The molecule has 7 nitrogen and oxygen atoms in total. The minimum Gasteiger partial charge on any atom is -0.376 e. The van der Waals surface area contributed by atoms with E-state index in [1.165, 1.54) is 0 Å². The van der Waals surface area contributed by atoms with Crippen LogP contribution in [0.4, 0.5) is 0 Å². The third kappa shape index (κ3) is 5.51. The molecule has 0 bridgehead atoms. The Balaban J connectivity index is 1.37. The van der Waals surface area contributed by atoms with E-state index in [9.17, 15) is 4.79 Å². The summed E-state index contributed by atoms with van der Waals surface area (Å²) in [7, 11) is 0. The number of ether oxygens (including phenoxy) is 1. The topological polar surface area (TPSA) is 80.5 Å². The number of likely N-dealkylation sites (tertiary alicyclic amines) is 1. The number of nitrogens with one attached hydrogen (secondary N) is 1. The van der Waals surface area contributed by atoms with Crippen LogP contribution in [0.2, 0.25) is 0 Å². The van der Waals surface area contributed by atoms with Gasteiger partial charge in [0.1, 0.15) is 0 Å².